The molecule has 1 atom stereocenters. The summed E-state index contributed by atoms with van der Waals surface area (Å²) in [7, 11) is 0. The summed E-state index contributed by atoms with van der Waals surface area (Å²) in [6.07, 6.45) is 4.04. The van der Waals surface area contributed by atoms with E-state index in [0.717, 1.165) is 44.5 Å². The van der Waals surface area contributed by atoms with Crippen LogP contribution in [0.25, 0.3) is 0 Å². The minimum atomic E-state index is -0.0899. The molecule has 3 nitrogen and oxygen atoms in total. The van der Waals surface area contributed by atoms with Gasteiger partial charge in [-0.15, -0.1) is 0 Å². The molecule has 0 spiro atoms. The maximum absolute atomic E-state index is 11.1. The van der Waals surface area contributed by atoms with Crippen LogP contribution in [0.5, 0.6) is 0 Å². The molecule has 1 heterocycles. The van der Waals surface area contributed by atoms with Crippen LogP contribution in [0.2, 0.25) is 0 Å². The maximum atomic E-state index is 11.1. The molecule has 1 N–H and O–H groups in total. The van der Waals surface area contributed by atoms with Crippen molar-refractivity contribution in [1.29, 1.82) is 0 Å². The Morgan fingerprint density at radius 1 is 1.47 bits per heavy atom. The van der Waals surface area contributed by atoms with Crippen LogP contribution in [0, 0.1) is 11.3 Å². The summed E-state index contributed by atoms with van der Waals surface area (Å²) in [5, 5.41) is 3.36. The molecule has 94 valence electrons. The van der Waals surface area contributed by atoms with Crippen molar-refractivity contribution >= 4 is 6.29 Å². The molecule has 2 aliphatic rings. The predicted octanol–water partition coefficient (Wildman–Crippen LogP) is 1.58. The summed E-state index contributed by atoms with van der Waals surface area (Å²) >= 11 is 0. The van der Waals surface area contributed by atoms with Gasteiger partial charge in [0.25, 0.3) is 0 Å². The zero-order valence-electron chi connectivity index (χ0n) is 10.8. The van der Waals surface area contributed by atoms with E-state index in [0.29, 0.717) is 0 Å². The van der Waals surface area contributed by atoms with Crippen molar-refractivity contribution in [2.45, 2.75) is 20.3 Å². The first-order valence-electron chi connectivity index (χ1n) is 6.35. The maximum Gasteiger partial charge on any atom is 0.130 e. The highest BCUT2D eigenvalue weighted by atomic mass is 16.1. The molecule has 1 fully saturated rings. The number of allylic oxidation sites excluding steroid dienone is 3. The lowest BCUT2D eigenvalue weighted by Crippen LogP contribution is -2.46. The number of piperazine rings is 1. The third-order valence-corrected chi connectivity index (χ3v) is 3.78. The van der Waals surface area contributed by atoms with Crippen LogP contribution in [0.1, 0.15) is 20.3 Å². The van der Waals surface area contributed by atoms with Crippen LogP contribution in [0.15, 0.2) is 23.9 Å². The Balaban J connectivity index is 2.27. The van der Waals surface area contributed by atoms with Gasteiger partial charge in [0.1, 0.15) is 6.29 Å². The molecule has 2 rings (SSSR count). The van der Waals surface area contributed by atoms with Crippen molar-refractivity contribution in [2.75, 3.05) is 26.2 Å². The molecule has 3 heteroatoms. The molecule has 0 saturated carbocycles. The molecule has 0 aromatic carbocycles. The fourth-order valence-corrected chi connectivity index (χ4v) is 2.86. The van der Waals surface area contributed by atoms with Crippen molar-refractivity contribution in [2.24, 2.45) is 11.3 Å². The number of carbonyl (C=O) groups is 1. The average molecular weight is 234 g/mol. The van der Waals surface area contributed by atoms with Crippen molar-refractivity contribution in [3.63, 3.8) is 0 Å². The van der Waals surface area contributed by atoms with Gasteiger partial charge in [-0.3, -0.25) is 0 Å². The minimum Gasteiger partial charge on any atom is -0.372 e. The fourth-order valence-electron chi connectivity index (χ4n) is 2.86. The fraction of sp³-hybridized carbons (Fsp3) is 0.643. The first kappa shape index (κ1) is 12.4. The number of hydrogen-bond acceptors (Lipinski definition) is 3. The molecule has 0 bridgehead atoms. The zero-order valence-corrected chi connectivity index (χ0v) is 10.8. The Morgan fingerprint density at radius 3 is 2.71 bits per heavy atom. The van der Waals surface area contributed by atoms with Gasteiger partial charge < -0.3 is 15.0 Å². The summed E-state index contributed by atoms with van der Waals surface area (Å²) in [4.78, 5) is 13.5. The third kappa shape index (κ3) is 2.44. The average Bonchev–Trinajstić information content (AvgIpc) is 2.29. The monoisotopic (exact) mass is 234 g/mol. The van der Waals surface area contributed by atoms with Crippen molar-refractivity contribution in [3.8, 4) is 0 Å². The highest BCUT2D eigenvalue weighted by molar-refractivity contribution is 5.63. The van der Waals surface area contributed by atoms with Crippen LogP contribution in [-0.4, -0.2) is 37.4 Å². The van der Waals surface area contributed by atoms with Crippen molar-refractivity contribution in [1.82, 2.24) is 10.2 Å². The second-order valence-corrected chi connectivity index (χ2v) is 5.67. The molecule has 1 aliphatic heterocycles. The number of nitrogens with one attached hydrogen (secondary N) is 1. The molecular formula is C14H22N2O. The van der Waals surface area contributed by atoms with Gasteiger partial charge in [0, 0.05) is 37.3 Å². The first-order chi connectivity index (χ1) is 8.04. The smallest absolute Gasteiger partial charge is 0.130 e. The molecule has 0 aromatic rings. The van der Waals surface area contributed by atoms with Crippen LogP contribution >= 0.6 is 0 Å². The van der Waals surface area contributed by atoms with Gasteiger partial charge in [-0.05, 0) is 6.42 Å². The minimum absolute atomic E-state index is 0.0899. The van der Waals surface area contributed by atoms with Crippen LogP contribution in [-0.2, 0) is 4.79 Å². The molecule has 0 amide bonds. The molecule has 17 heavy (non-hydrogen) atoms. The normalized spacial score (nSPS) is 28.8. The molecule has 1 unspecified atom stereocenters. The van der Waals surface area contributed by atoms with Gasteiger partial charge >= 0.3 is 0 Å². The number of rotatable bonds is 2. The molecule has 0 radical (unpaired) electrons. The zero-order chi connectivity index (χ0) is 12.5. The first-order valence-corrected chi connectivity index (χ1v) is 6.35. The van der Waals surface area contributed by atoms with E-state index in [1.807, 2.05) is 0 Å². The second-order valence-electron chi connectivity index (χ2n) is 5.67. The van der Waals surface area contributed by atoms with Gasteiger partial charge in [0.15, 0.2) is 0 Å². The molecule has 1 saturated heterocycles. The molecular weight excluding hydrogens is 212 g/mol. The van der Waals surface area contributed by atoms with Gasteiger partial charge in [-0.25, -0.2) is 0 Å². The lowest BCUT2D eigenvalue weighted by atomic mass is 9.73. The van der Waals surface area contributed by atoms with E-state index in [9.17, 15) is 4.79 Å². The Labute approximate surface area is 104 Å². The highest BCUT2D eigenvalue weighted by Crippen LogP contribution is 2.42. The molecule has 1 aliphatic carbocycles. The number of hydrogen-bond donors (Lipinski definition) is 1. The lowest BCUT2D eigenvalue weighted by Gasteiger charge is -2.43. The second kappa shape index (κ2) is 4.65. The van der Waals surface area contributed by atoms with E-state index >= 15 is 0 Å². The summed E-state index contributed by atoms with van der Waals surface area (Å²) in [5.41, 5.74) is 2.47. The van der Waals surface area contributed by atoms with Crippen LogP contribution in [0.3, 0.4) is 0 Å². The quantitative estimate of drug-likeness (QED) is 0.581. The van der Waals surface area contributed by atoms with E-state index in [-0.39, 0.29) is 11.3 Å². The Hall–Kier alpha value is -1.09. The van der Waals surface area contributed by atoms with Crippen molar-refractivity contribution < 1.29 is 4.79 Å². The van der Waals surface area contributed by atoms with E-state index in [1.54, 1.807) is 0 Å². The number of aldehydes is 1. The van der Waals surface area contributed by atoms with E-state index in [1.165, 1.54) is 5.70 Å². The highest BCUT2D eigenvalue weighted by Gasteiger charge is 2.34. The van der Waals surface area contributed by atoms with E-state index < -0.39 is 0 Å². The van der Waals surface area contributed by atoms with Gasteiger partial charge in [0.2, 0.25) is 0 Å². The summed E-state index contributed by atoms with van der Waals surface area (Å²) < 4.78 is 0. The van der Waals surface area contributed by atoms with Crippen molar-refractivity contribution in [3.05, 3.63) is 23.9 Å². The number of carbonyl (C=O) groups excluding carboxylic acids is 1. The standard InChI is InChI=1S/C14H22N2O/c1-11-9-14(2,3)13(8-12(11)10-17)16-6-4-15-5-7-16/h8,10,12,15H,1,4-7,9H2,2-3H3. The Morgan fingerprint density at radius 2 is 2.12 bits per heavy atom. The van der Waals surface area contributed by atoms with Gasteiger partial charge in [0.05, 0.1) is 5.92 Å². The topological polar surface area (TPSA) is 32.3 Å². The van der Waals surface area contributed by atoms with Gasteiger partial charge in [-0.2, -0.15) is 0 Å². The molecule has 0 aromatic heterocycles. The summed E-state index contributed by atoms with van der Waals surface area (Å²) in [5.74, 6) is -0.0899. The number of nitrogens with zero attached hydrogens (tertiary/aromatic N) is 1. The van der Waals surface area contributed by atoms with E-state index in [2.05, 4.69) is 36.7 Å². The van der Waals surface area contributed by atoms with E-state index in [4.69, 9.17) is 0 Å². The largest absolute Gasteiger partial charge is 0.372 e. The Bertz CT molecular complexity index is 351. The predicted molar refractivity (Wildman–Crippen MR) is 69.6 cm³/mol. The van der Waals surface area contributed by atoms with Crippen LogP contribution < -0.4 is 5.32 Å². The van der Waals surface area contributed by atoms with Crippen LogP contribution in [0.4, 0.5) is 0 Å². The van der Waals surface area contributed by atoms with Gasteiger partial charge in [-0.1, -0.05) is 32.1 Å². The summed E-state index contributed by atoms with van der Waals surface area (Å²) in [6, 6.07) is 0. The summed E-state index contributed by atoms with van der Waals surface area (Å²) in [6.45, 7) is 12.6. The third-order valence-electron chi connectivity index (χ3n) is 3.78. The SMILES string of the molecule is C=C1CC(C)(C)C(N2CCNCC2)=CC1C=O. The Kier molecular flexibility index (Phi) is 3.38. The lowest BCUT2D eigenvalue weighted by molar-refractivity contribution is -0.109.